The van der Waals surface area contributed by atoms with E-state index in [1.54, 1.807) is 0 Å². The predicted octanol–water partition coefficient (Wildman–Crippen LogP) is 2.22. The minimum Gasteiger partial charge on any atom is -0.370 e. The topological polar surface area (TPSA) is 53.6 Å². The molecular weight excluding hydrogens is 248 g/mol. The molecule has 1 aliphatic rings. The maximum Gasteiger partial charge on any atom is 0.188 e. The fraction of sp³-hybridized carbons (Fsp3) is 0.562. The molecular formula is C16H26N4. The highest BCUT2D eigenvalue weighted by Crippen LogP contribution is 2.24. The Morgan fingerprint density at radius 3 is 2.70 bits per heavy atom. The first-order valence-corrected chi connectivity index (χ1v) is 7.48. The van der Waals surface area contributed by atoms with Gasteiger partial charge in [0.1, 0.15) is 0 Å². The molecule has 1 unspecified atom stereocenters. The van der Waals surface area contributed by atoms with E-state index in [0.717, 1.165) is 12.5 Å². The number of rotatable bonds is 6. The van der Waals surface area contributed by atoms with Crippen LogP contribution < -0.4 is 16.0 Å². The van der Waals surface area contributed by atoms with E-state index in [9.17, 15) is 0 Å². The van der Waals surface area contributed by atoms with Crippen LogP contribution in [0.4, 0.5) is 5.69 Å². The van der Waals surface area contributed by atoms with Gasteiger partial charge in [-0.3, -0.25) is 4.99 Å². The summed E-state index contributed by atoms with van der Waals surface area (Å²) in [4.78, 5) is 6.67. The van der Waals surface area contributed by atoms with Crippen LogP contribution in [-0.4, -0.2) is 32.1 Å². The zero-order valence-electron chi connectivity index (χ0n) is 12.5. The van der Waals surface area contributed by atoms with Crippen molar-refractivity contribution in [3.05, 3.63) is 30.3 Å². The molecule has 1 aromatic rings. The second-order valence-electron chi connectivity index (χ2n) is 5.70. The van der Waals surface area contributed by atoms with E-state index in [0.29, 0.717) is 18.5 Å². The Hall–Kier alpha value is -1.71. The Labute approximate surface area is 122 Å². The SMILES string of the molecule is CC(CN=C(N)NCC1CCC1)N(C)c1ccccc1. The Kier molecular flexibility index (Phi) is 5.27. The molecule has 1 aromatic carbocycles. The number of nitrogens with one attached hydrogen (secondary N) is 1. The molecule has 0 heterocycles. The predicted molar refractivity (Wildman–Crippen MR) is 86.1 cm³/mol. The van der Waals surface area contributed by atoms with Gasteiger partial charge in [0.25, 0.3) is 0 Å². The number of hydrogen-bond donors (Lipinski definition) is 2. The van der Waals surface area contributed by atoms with Crippen molar-refractivity contribution in [2.24, 2.45) is 16.6 Å². The lowest BCUT2D eigenvalue weighted by Gasteiger charge is -2.27. The lowest BCUT2D eigenvalue weighted by atomic mass is 9.85. The van der Waals surface area contributed by atoms with E-state index >= 15 is 0 Å². The van der Waals surface area contributed by atoms with E-state index in [1.807, 2.05) is 6.07 Å². The monoisotopic (exact) mass is 274 g/mol. The zero-order chi connectivity index (χ0) is 14.4. The van der Waals surface area contributed by atoms with Crippen LogP contribution in [0.2, 0.25) is 0 Å². The van der Waals surface area contributed by atoms with Crippen LogP contribution in [0.5, 0.6) is 0 Å². The summed E-state index contributed by atoms with van der Waals surface area (Å²) in [5.41, 5.74) is 7.11. The largest absolute Gasteiger partial charge is 0.370 e. The molecule has 4 nitrogen and oxygen atoms in total. The standard InChI is InChI=1S/C16H26N4/c1-13(20(2)15-9-4-3-5-10-15)11-18-16(17)19-12-14-7-6-8-14/h3-5,9-10,13-14H,6-8,11-12H2,1-2H3,(H3,17,18,19). The van der Waals surface area contributed by atoms with Crippen molar-refractivity contribution in [1.29, 1.82) is 0 Å². The van der Waals surface area contributed by atoms with Crippen LogP contribution in [-0.2, 0) is 0 Å². The number of para-hydroxylation sites is 1. The van der Waals surface area contributed by atoms with Crippen molar-refractivity contribution in [2.45, 2.75) is 32.2 Å². The molecule has 0 bridgehead atoms. The molecule has 3 N–H and O–H groups in total. The van der Waals surface area contributed by atoms with Gasteiger partial charge in [0.2, 0.25) is 0 Å². The first kappa shape index (κ1) is 14.7. The number of likely N-dealkylation sites (N-methyl/N-ethyl adjacent to an activating group) is 1. The molecule has 110 valence electrons. The second-order valence-corrected chi connectivity index (χ2v) is 5.70. The van der Waals surface area contributed by atoms with E-state index < -0.39 is 0 Å². The van der Waals surface area contributed by atoms with E-state index in [2.05, 4.69) is 53.4 Å². The third-order valence-electron chi connectivity index (χ3n) is 4.15. The van der Waals surface area contributed by atoms with Crippen LogP contribution in [0.3, 0.4) is 0 Å². The van der Waals surface area contributed by atoms with Gasteiger partial charge in [0.15, 0.2) is 5.96 Å². The quantitative estimate of drug-likeness (QED) is 0.618. The number of nitrogens with zero attached hydrogens (tertiary/aromatic N) is 2. The van der Waals surface area contributed by atoms with E-state index in [4.69, 9.17) is 5.73 Å². The molecule has 1 atom stereocenters. The van der Waals surface area contributed by atoms with Crippen LogP contribution in [0.15, 0.2) is 35.3 Å². The van der Waals surface area contributed by atoms with Crippen molar-refractivity contribution >= 4 is 11.6 Å². The van der Waals surface area contributed by atoms with Crippen molar-refractivity contribution < 1.29 is 0 Å². The fourth-order valence-electron chi connectivity index (χ4n) is 2.27. The van der Waals surface area contributed by atoms with Crippen LogP contribution >= 0.6 is 0 Å². The van der Waals surface area contributed by atoms with E-state index in [-0.39, 0.29) is 0 Å². The second kappa shape index (κ2) is 7.17. The summed E-state index contributed by atoms with van der Waals surface area (Å²) in [5, 5.41) is 3.23. The molecule has 0 aliphatic heterocycles. The lowest BCUT2D eigenvalue weighted by Crippen LogP contribution is -2.39. The highest BCUT2D eigenvalue weighted by atomic mass is 15.2. The molecule has 0 aromatic heterocycles. The van der Waals surface area contributed by atoms with Crippen molar-refractivity contribution in [2.75, 3.05) is 25.0 Å². The third-order valence-corrected chi connectivity index (χ3v) is 4.15. The van der Waals surface area contributed by atoms with Crippen LogP contribution in [0.25, 0.3) is 0 Å². The van der Waals surface area contributed by atoms with Gasteiger partial charge in [-0.25, -0.2) is 0 Å². The highest BCUT2D eigenvalue weighted by Gasteiger charge is 2.17. The van der Waals surface area contributed by atoms with Crippen molar-refractivity contribution in [1.82, 2.24) is 5.32 Å². The Morgan fingerprint density at radius 2 is 2.10 bits per heavy atom. The van der Waals surface area contributed by atoms with Gasteiger partial charge in [-0.2, -0.15) is 0 Å². The maximum absolute atomic E-state index is 5.91. The van der Waals surface area contributed by atoms with Gasteiger partial charge in [-0.15, -0.1) is 0 Å². The molecule has 1 aliphatic carbocycles. The Balaban J connectivity index is 1.76. The smallest absolute Gasteiger partial charge is 0.188 e. The first-order chi connectivity index (χ1) is 9.66. The summed E-state index contributed by atoms with van der Waals surface area (Å²) in [6.07, 6.45) is 4.02. The van der Waals surface area contributed by atoms with Crippen molar-refractivity contribution in [3.63, 3.8) is 0 Å². The summed E-state index contributed by atoms with van der Waals surface area (Å²) in [6, 6.07) is 10.7. The van der Waals surface area contributed by atoms with Gasteiger partial charge in [-0.1, -0.05) is 24.6 Å². The highest BCUT2D eigenvalue weighted by molar-refractivity contribution is 5.77. The summed E-state index contributed by atoms with van der Waals surface area (Å²) in [6.45, 7) is 3.84. The summed E-state index contributed by atoms with van der Waals surface area (Å²) in [7, 11) is 2.09. The first-order valence-electron chi connectivity index (χ1n) is 7.48. The molecule has 0 radical (unpaired) electrons. The lowest BCUT2D eigenvalue weighted by molar-refractivity contribution is 0.315. The Morgan fingerprint density at radius 1 is 1.40 bits per heavy atom. The van der Waals surface area contributed by atoms with Gasteiger partial charge in [-0.05, 0) is 37.8 Å². The number of benzene rings is 1. The Bertz CT molecular complexity index is 425. The number of anilines is 1. The fourth-order valence-corrected chi connectivity index (χ4v) is 2.27. The molecule has 20 heavy (non-hydrogen) atoms. The summed E-state index contributed by atoms with van der Waals surface area (Å²) >= 11 is 0. The van der Waals surface area contributed by atoms with E-state index in [1.165, 1.54) is 24.9 Å². The molecule has 0 spiro atoms. The van der Waals surface area contributed by atoms with Crippen LogP contribution in [0.1, 0.15) is 26.2 Å². The average molecular weight is 274 g/mol. The molecule has 1 fully saturated rings. The molecule has 0 amide bonds. The van der Waals surface area contributed by atoms with Gasteiger partial charge in [0.05, 0.1) is 6.54 Å². The maximum atomic E-state index is 5.91. The van der Waals surface area contributed by atoms with Gasteiger partial charge in [0, 0.05) is 25.3 Å². The third kappa shape index (κ3) is 4.15. The summed E-state index contributed by atoms with van der Waals surface area (Å²) in [5.74, 6) is 1.37. The number of hydrogen-bond acceptors (Lipinski definition) is 2. The van der Waals surface area contributed by atoms with Gasteiger partial charge < -0.3 is 16.0 Å². The van der Waals surface area contributed by atoms with Gasteiger partial charge >= 0.3 is 0 Å². The number of aliphatic imine (C=N–C) groups is 1. The minimum atomic E-state index is 0.321. The normalized spacial score (nSPS) is 17.4. The zero-order valence-corrected chi connectivity index (χ0v) is 12.5. The molecule has 4 heteroatoms. The average Bonchev–Trinajstić information content (AvgIpc) is 2.43. The molecule has 0 saturated heterocycles. The van der Waals surface area contributed by atoms with Crippen molar-refractivity contribution in [3.8, 4) is 0 Å². The molecule has 1 saturated carbocycles. The van der Waals surface area contributed by atoms with Crippen LogP contribution in [0, 0.1) is 5.92 Å². The number of guanidine groups is 1. The molecule has 2 rings (SSSR count). The minimum absolute atomic E-state index is 0.321. The summed E-state index contributed by atoms with van der Waals surface area (Å²) < 4.78 is 0. The number of nitrogens with two attached hydrogens (primary N) is 1.